The Balaban J connectivity index is 1.29. The van der Waals surface area contributed by atoms with E-state index < -0.39 is 0 Å². The molecule has 0 spiro atoms. The first-order valence-corrected chi connectivity index (χ1v) is 11.2. The molecule has 2 fully saturated rings. The summed E-state index contributed by atoms with van der Waals surface area (Å²) in [5.41, 5.74) is 3.88. The number of piperidine rings is 1. The summed E-state index contributed by atoms with van der Waals surface area (Å²) in [4.78, 5) is 31.8. The van der Waals surface area contributed by atoms with Crippen molar-refractivity contribution < 1.29 is 9.59 Å². The molecule has 7 heteroatoms. The summed E-state index contributed by atoms with van der Waals surface area (Å²) in [5.74, 6) is 0.00732. The predicted octanol–water partition coefficient (Wildman–Crippen LogP) is 2.72. The smallest absolute Gasteiger partial charge is 0.320 e. The molecule has 158 valence electrons. The van der Waals surface area contributed by atoms with Crippen molar-refractivity contribution in [2.75, 3.05) is 39.3 Å². The van der Waals surface area contributed by atoms with Crippen molar-refractivity contribution in [1.29, 1.82) is 0 Å². The van der Waals surface area contributed by atoms with Crippen molar-refractivity contribution in [2.24, 2.45) is 0 Å². The fraction of sp³-hybridized carbons (Fsp3) is 0.522. The summed E-state index contributed by atoms with van der Waals surface area (Å²) in [6.45, 7) is 4.07. The van der Waals surface area contributed by atoms with Crippen molar-refractivity contribution in [1.82, 2.24) is 24.5 Å². The predicted molar refractivity (Wildman–Crippen MR) is 114 cm³/mol. The number of nitrogens with zero attached hydrogens (tertiary/aromatic N) is 5. The van der Waals surface area contributed by atoms with E-state index in [9.17, 15) is 9.59 Å². The van der Waals surface area contributed by atoms with E-state index in [-0.39, 0.29) is 11.9 Å². The summed E-state index contributed by atoms with van der Waals surface area (Å²) in [7, 11) is 0. The number of aromatic nitrogens is 2. The van der Waals surface area contributed by atoms with Crippen LogP contribution in [-0.2, 0) is 12.8 Å². The highest BCUT2D eigenvalue weighted by atomic mass is 16.2. The molecule has 3 heterocycles. The molecule has 0 unspecified atom stereocenters. The maximum absolute atomic E-state index is 13.3. The topological polar surface area (TPSA) is 61.7 Å². The number of amides is 3. The van der Waals surface area contributed by atoms with Crippen LogP contribution in [0.2, 0.25) is 0 Å². The van der Waals surface area contributed by atoms with Gasteiger partial charge >= 0.3 is 6.03 Å². The summed E-state index contributed by atoms with van der Waals surface area (Å²) < 4.78 is 1.95. The zero-order valence-electron chi connectivity index (χ0n) is 17.4. The molecule has 1 aliphatic carbocycles. The van der Waals surface area contributed by atoms with E-state index in [0.29, 0.717) is 31.9 Å². The number of piperazine rings is 1. The standard InChI is InChI=1S/C23H29N5O2/c29-22(25-14-16-27(17-15-25)23(30)26-12-5-2-6-13-26)21-19-10-7-11-20(19)28(24-21)18-8-3-1-4-9-18/h1,3-4,8-9H,2,5-7,10-17H2. The Morgan fingerprint density at radius 3 is 2.13 bits per heavy atom. The van der Waals surface area contributed by atoms with Crippen LogP contribution in [-0.4, -0.2) is 75.7 Å². The third-order valence-electron chi connectivity index (χ3n) is 6.60. The van der Waals surface area contributed by atoms with Gasteiger partial charge in [0.15, 0.2) is 5.69 Å². The van der Waals surface area contributed by atoms with Crippen LogP contribution in [0.25, 0.3) is 5.69 Å². The summed E-state index contributed by atoms with van der Waals surface area (Å²) in [6, 6.07) is 10.2. The molecule has 3 aliphatic rings. The lowest BCUT2D eigenvalue weighted by Gasteiger charge is -2.38. The van der Waals surface area contributed by atoms with Gasteiger partial charge in [-0.3, -0.25) is 4.79 Å². The van der Waals surface area contributed by atoms with Gasteiger partial charge in [0.05, 0.1) is 5.69 Å². The maximum atomic E-state index is 13.3. The van der Waals surface area contributed by atoms with E-state index in [0.717, 1.165) is 56.4 Å². The van der Waals surface area contributed by atoms with E-state index in [1.54, 1.807) is 0 Å². The molecule has 2 aliphatic heterocycles. The van der Waals surface area contributed by atoms with Crippen LogP contribution in [0.1, 0.15) is 47.4 Å². The van der Waals surface area contributed by atoms with Crippen LogP contribution >= 0.6 is 0 Å². The van der Waals surface area contributed by atoms with Crippen LogP contribution < -0.4 is 0 Å². The molecular formula is C23H29N5O2. The molecule has 2 saturated heterocycles. The molecular weight excluding hydrogens is 378 g/mol. The highest BCUT2D eigenvalue weighted by molar-refractivity contribution is 5.94. The normalized spacial score (nSPS) is 19.1. The number of para-hydroxylation sites is 1. The van der Waals surface area contributed by atoms with Gasteiger partial charge in [0.1, 0.15) is 0 Å². The van der Waals surface area contributed by atoms with Gasteiger partial charge in [-0.1, -0.05) is 18.2 Å². The maximum Gasteiger partial charge on any atom is 0.320 e. The Labute approximate surface area is 177 Å². The Morgan fingerprint density at radius 1 is 0.733 bits per heavy atom. The highest BCUT2D eigenvalue weighted by Gasteiger charge is 2.32. The van der Waals surface area contributed by atoms with Crippen LogP contribution in [0.15, 0.2) is 30.3 Å². The highest BCUT2D eigenvalue weighted by Crippen LogP contribution is 2.28. The van der Waals surface area contributed by atoms with Gasteiger partial charge in [0.2, 0.25) is 0 Å². The quantitative estimate of drug-likeness (QED) is 0.769. The Kier molecular flexibility index (Phi) is 5.19. The van der Waals surface area contributed by atoms with Crippen molar-refractivity contribution in [3.8, 4) is 5.69 Å². The third kappa shape index (κ3) is 3.46. The number of benzene rings is 1. The van der Waals surface area contributed by atoms with Crippen LogP contribution in [0.3, 0.4) is 0 Å². The average Bonchev–Trinajstić information content (AvgIpc) is 3.42. The van der Waals surface area contributed by atoms with E-state index in [4.69, 9.17) is 5.10 Å². The average molecular weight is 408 g/mol. The lowest BCUT2D eigenvalue weighted by atomic mass is 10.1. The van der Waals surface area contributed by atoms with E-state index in [2.05, 4.69) is 0 Å². The molecule has 2 aromatic rings. The molecule has 30 heavy (non-hydrogen) atoms. The van der Waals surface area contributed by atoms with Gasteiger partial charge in [-0.15, -0.1) is 0 Å². The lowest BCUT2D eigenvalue weighted by Crippen LogP contribution is -2.54. The number of hydrogen-bond donors (Lipinski definition) is 0. The molecule has 5 rings (SSSR count). The van der Waals surface area contributed by atoms with Gasteiger partial charge in [-0.2, -0.15) is 5.10 Å². The number of urea groups is 1. The van der Waals surface area contributed by atoms with Crippen molar-refractivity contribution in [3.63, 3.8) is 0 Å². The van der Waals surface area contributed by atoms with E-state index >= 15 is 0 Å². The number of likely N-dealkylation sites (tertiary alicyclic amines) is 1. The second-order valence-corrected chi connectivity index (χ2v) is 8.48. The number of hydrogen-bond acceptors (Lipinski definition) is 3. The zero-order chi connectivity index (χ0) is 20.5. The Hall–Kier alpha value is -2.83. The molecule has 0 saturated carbocycles. The SMILES string of the molecule is O=C(c1nn(-c2ccccc2)c2c1CCC2)N1CCN(C(=O)N2CCCCC2)CC1. The van der Waals surface area contributed by atoms with Gasteiger partial charge in [-0.25, -0.2) is 9.48 Å². The molecule has 0 N–H and O–H groups in total. The van der Waals surface area contributed by atoms with E-state index in [1.807, 2.05) is 49.7 Å². The number of fused-ring (bicyclic) bond motifs is 1. The van der Waals surface area contributed by atoms with E-state index in [1.165, 1.54) is 12.1 Å². The largest absolute Gasteiger partial charge is 0.334 e. The molecule has 0 atom stereocenters. The minimum atomic E-state index is 0.00732. The summed E-state index contributed by atoms with van der Waals surface area (Å²) in [6.07, 6.45) is 6.35. The first-order chi connectivity index (χ1) is 14.7. The number of rotatable bonds is 2. The molecule has 1 aromatic carbocycles. The van der Waals surface area contributed by atoms with Gasteiger partial charge in [0.25, 0.3) is 5.91 Å². The van der Waals surface area contributed by atoms with Gasteiger partial charge in [0, 0.05) is 50.5 Å². The molecule has 0 bridgehead atoms. The fourth-order valence-electron chi connectivity index (χ4n) is 4.93. The first-order valence-electron chi connectivity index (χ1n) is 11.2. The molecule has 0 radical (unpaired) electrons. The Morgan fingerprint density at radius 2 is 1.40 bits per heavy atom. The second kappa shape index (κ2) is 8.13. The minimum absolute atomic E-state index is 0.00732. The van der Waals surface area contributed by atoms with Crippen molar-refractivity contribution in [3.05, 3.63) is 47.3 Å². The van der Waals surface area contributed by atoms with Crippen LogP contribution in [0.5, 0.6) is 0 Å². The first kappa shape index (κ1) is 19.2. The fourth-order valence-corrected chi connectivity index (χ4v) is 4.93. The zero-order valence-corrected chi connectivity index (χ0v) is 17.4. The van der Waals surface area contributed by atoms with Gasteiger partial charge < -0.3 is 14.7 Å². The van der Waals surface area contributed by atoms with Crippen molar-refractivity contribution in [2.45, 2.75) is 38.5 Å². The lowest BCUT2D eigenvalue weighted by molar-refractivity contribution is 0.0626. The van der Waals surface area contributed by atoms with Crippen LogP contribution in [0.4, 0.5) is 4.79 Å². The number of carbonyl (C=O) groups is 2. The summed E-state index contributed by atoms with van der Waals surface area (Å²) in [5, 5.41) is 4.74. The van der Waals surface area contributed by atoms with Crippen molar-refractivity contribution >= 4 is 11.9 Å². The van der Waals surface area contributed by atoms with Crippen LogP contribution in [0, 0.1) is 0 Å². The monoisotopic (exact) mass is 407 g/mol. The summed E-state index contributed by atoms with van der Waals surface area (Å²) >= 11 is 0. The van der Waals surface area contributed by atoms with Gasteiger partial charge in [-0.05, 0) is 50.7 Å². The second-order valence-electron chi connectivity index (χ2n) is 8.48. The third-order valence-corrected chi connectivity index (χ3v) is 6.60. The Bertz CT molecular complexity index is 925. The molecule has 3 amide bonds. The number of carbonyl (C=O) groups excluding carboxylic acids is 2. The molecule has 7 nitrogen and oxygen atoms in total. The minimum Gasteiger partial charge on any atom is -0.334 e. The molecule has 1 aromatic heterocycles.